The van der Waals surface area contributed by atoms with Crippen LogP contribution in [0.1, 0.15) is 39.1 Å². The van der Waals surface area contributed by atoms with Gasteiger partial charge in [-0.2, -0.15) is 0 Å². The SMILES string of the molecule is COc1ccc(CNCCNC(=O)c2cccc(C(=O)NCCN3CCC(OC(=O)N(c4ccccc4-c4ccccc4)c4ccccc4-c4ccccc4)CC3)c2)cc1. The van der Waals surface area contributed by atoms with Gasteiger partial charge in [0.2, 0.25) is 0 Å². The number of rotatable bonds is 16. The van der Waals surface area contributed by atoms with Crippen molar-refractivity contribution in [3.05, 3.63) is 174 Å². The number of piperidine rings is 1. The van der Waals surface area contributed by atoms with Crippen LogP contribution in [-0.2, 0) is 11.3 Å². The molecule has 10 heteroatoms. The average Bonchev–Trinajstić information content (AvgIpc) is 3.30. The highest BCUT2D eigenvalue weighted by Gasteiger charge is 2.29. The number of carbonyl (C=O) groups excluding carboxylic acids is 3. The number of benzene rings is 6. The molecule has 1 saturated heterocycles. The van der Waals surface area contributed by atoms with E-state index in [1.54, 1.807) is 36.3 Å². The van der Waals surface area contributed by atoms with Crippen molar-refractivity contribution in [3.63, 3.8) is 0 Å². The first kappa shape index (κ1) is 41.4. The molecule has 0 atom stereocenters. The van der Waals surface area contributed by atoms with E-state index >= 15 is 0 Å². The Morgan fingerprint density at radius 1 is 0.617 bits per heavy atom. The number of carbonyl (C=O) groups is 3. The molecular formula is C50H51N5O5. The van der Waals surface area contributed by atoms with Crippen molar-refractivity contribution in [1.82, 2.24) is 20.9 Å². The smallest absolute Gasteiger partial charge is 0.419 e. The Labute approximate surface area is 352 Å². The number of hydrogen-bond acceptors (Lipinski definition) is 7. The summed E-state index contributed by atoms with van der Waals surface area (Å²) in [5, 5.41) is 9.24. The molecule has 1 fully saturated rings. The quantitative estimate of drug-likeness (QED) is 0.0840. The van der Waals surface area contributed by atoms with Crippen LogP contribution < -0.4 is 25.6 Å². The van der Waals surface area contributed by atoms with Gasteiger partial charge in [0.25, 0.3) is 11.8 Å². The van der Waals surface area contributed by atoms with Gasteiger partial charge in [0.05, 0.1) is 18.5 Å². The lowest BCUT2D eigenvalue weighted by atomic mass is 10.00. The number of para-hydroxylation sites is 2. The van der Waals surface area contributed by atoms with Gasteiger partial charge in [-0.05, 0) is 72.0 Å². The highest BCUT2D eigenvalue weighted by Crippen LogP contribution is 2.40. The molecule has 1 heterocycles. The average molecular weight is 802 g/mol. The van der Waals surface area contributed by atoms with Crippen LogP contribution in [0.25, 0.3) is 22.3 Å². The molecule has 0 unspecified atom stereocenters. The first-order valence-electron chi connectivity index (χ1n) is 20.5. The second-order valence-electron chi connectivity index (χ2n) is 14.6. The molecule has 3 amide bonds. The molecule has 3 N–H and O–H groups in total. The van der Waals surface area contributed by atoms with Gasteiger partial charge in [0.1, 0.15) is 11.9 Å². The monoisotopic (exact) mass is 801 g/mol. The van der Waals surface area contributed by atoms with Gasteiger partial charge in [0, 0.05) is 68.1 Å². The minimum Gasteiger partial charge on any atom is -0.497 e. The van der Waals surface area contributed by atoms with Gasteiger partial charge in [-0.15, -0.1) is 0 Å². The third-order valence-corrected chi connectivity index (χ3v) is 10.6. The van der Waals surface area contributed by atoms with Crippen molar-refractivity contribution in [2.45, 2.75) is 25.5 Å². The Morgan fingerprint density at radius 3 is 1.72 bits per heavy atom. The summed E-state index contributed by atoms with van der Waals surface area (Å²) in [6.45, 7) is 4.26. The second kappa shape index (κ2) is 20.8. The van der Waals surface area contributed by atoms with E-state index in [2.05, 4.69) is 20.9 Å². The molecule has 6 aromatic carbocycles. The van der Waals surface area contributed by atoms with Gasteiger partial charge >= 0.3 is 6.09 Å². The van der Waals surface area contributed by atoms with Crippen molar-refractivity contribution in [3.8, 4) is 28.0 Å². The zero-order valence-corrected chi connectivity index (χ0v) is 33.9. The number of anilines is 2. The minimum absolute atomic E-state index is 0.233. The van der Waals surface area contributed by atoms with Gasteiger partial charge in [-0.1, -0.05) is 115 Å². The first-order valence-corrected chi connectivity index (χ1v) is 20.5. The number of amides is 3. The van der Waals surface area contributed by atoms with E-state index in [-0.39, 0.29) is 17.9 Å². The van der Waals surface area contributed by atoms with E-state index in [0.29, 0.717) is 56.7 Å². The molecule has 1 aliphatic heterocycles. The summed E-state index contributed by atoms with van der Waals surface area (Å²) >= 11 is 0. The lowest BCUT2D eigenvalue weighted by Gasteiger charge is -2.33. The molecule has 0 saturated carbocycles. The topological polar surface area (TPSA) is 112 Å². The molecule has 0 bridgehead atoms. The molecule has 60 heavy (non-hydrogen) atoms. The molecule has 10 nitrogen and oxygen atoms in total. The Balaban J connectivity index is 0.909. The maximum absolute atomic E-state index is 14.5. The first-order chi connectivity index (χ1) is 29.5. The number of nitrogens with zero attached hydrogens (tertiary/aromatic N) is 2. The summed E-state index contributed by atoms with van der Waals surface area (Å²) in [6.07, 6.45) is 0.645. The van der Waals surface area contributed by atoms with Gasteiger partial charge < -0.3 is 30.3 Å². The number of methoxy groups -OCH3 is 1. The largest absolute Gasteiger partial charge is 0.497 e. The van der Waals surface area contributed by atoms with Crippen molar-refractivity contribution in [2.75, 3.05) is 51.3 Å². The lowest BCUT2D eigenvalue weighted by Crippen LogP contribution is -2.43. The van der Waals surface area contributed by atoms with Crippen LogP contribution in [0.3, 0.4) is 0 Å². The Bertz CT molecular complexity index is 2250. The van der Waals surface area contributed by atoms with E-state index in [9.17, 15) is 14.4 Å². The standard InChI is InChI=1S/C50H51N5O5/c1-59-42-25-23-37(24-26-42)36-51-29-30-52-48(56)40-17-12-18-41(35-40)49(57)53-31-34-54-32-27-43(28-33-54)60-50(58)55(46-21-10-8-19-44(46)38-13-4-2-5-14-38)47-22-11-9-20-45(47)39-15-6-3-7-16-39/h2-26,35,43,51H,27-34,36H2,1H3,(H,52,56)(H,53,57). The molecule has 0 radical (unpaired) electrons. The third kappa shape index (κ3) is 10.8. The maximum Gasteiger partial charge on any atom is 0.419 e. The predicted octanol–water partition coefficient (Wildman–Crippen LogP) is 8.72. The van der Waals surface area contributed by atoms with Crippen LogP contribution in [0, 0.1) is 0 Å². The predicted molar refractivity (Wildman–Crippen MR) is 238 cm³/mol. The number of ether oxygens (including phenoxy) is 2. The zero-order chi connectivity index (χ0) is 41.5. The normalized spacial score (nSPS) is 12.9. The molecule has 0 spiro atoms. The summed E-state index contributed by atoms with van der Waals surface area (Å²) in [4.78, 5) is 44.4. The molecule has 6 aromatic rings. The molecule has 1 aliphatic rings. The second-order valence-corrected chi connectivity index (χ2v) is 14.6. The molecule has 0 aliphatic carbocycles. The summed E-state index contributed by atoms with van der Waals surface area (Å²) in [5.74, 6) is 0.344. The maximum atomic E-state index is 14.5. The Hall–Kier alpha value is -6.75. The van der Waals surface area contributed by atoms with Crippen molar-refractivity contribution in [2.24, 2.45) is 0 Å². The van der Waals surface area contributed by atoms with Gasteiger partial charge in [0.15, 0.2) is 0 Å². The van der Waals surface area contributed by atoms with Crippen molar-refractivity contribution >= 4 is 29.3 Å². The summed E-state index contributed by atoms with van der Waals surface area (Å²) in [5.41, 5.74) is 7.32. The number of nitrogens with one attached hydrogen (secondary N) is 3. The van der Waals surface area contributed by atoms with E-state index in [0.717, 1.165) is 58.0 Å². The molecule has 0 aromatic heterocycles. The van der Waals surface area contributed by atoms with Crippen LogP contribution in [0.5, 0.6) is 5.75 Å². The third-order valence-electron chi connectivity index (χ3n) is 10.6. The minimum atomic E-state index is -0.426. The molecule has 7 rings (SSSR count). The van der Waals surface area contributed by atoms with Crippen LogP contribution >= 0.6 is 0 Å². The van der Waals surface area contributed by atoms with Crippen LogP contribution in [0.2, 0.25) is 0 Å². The number of likely N-dealkylation sites (tertiary alicyclic amines) is 1. The Morgan fingerprint density at radius 2 is 1.15 bits per heavy atom. The summed E-state index contributed by atoms with van der Waals surface area (Å²) < 4.78 is 11.5. The summed E-state index contributed by atoms with van der Waals surface area (Å²) in [6, 6.07) is 50.6. The highest BCUT2D eigenvalue weighted by atomic mass is 16.6. The van der Waals surface area contributed by atoms with Gasteiger partial charge in [-0.3, -0.25) is 9.59 Å². The fraction of sp³-hybridized carbons (Fsp3) is 0.220. The number of hydrogen-bond donors (Lipinski definition) is 3. The van der Waals surface area contributed by atoms with Crippen LogP contribution in [0.15, 0.2) is 158 Å². The van der Waals surface area contributed by atoms with E-state index < -0.39 is 6.09 Å². The van der Waals surface area contributed by atoms with Crippen molar-refractivity contribution in [1.29, 1.82) is 0 Å². The highest BCUT2D eigenvalue weighted by molar-refractivity contribution is 6.04. The summed E-state index contributed by atoms with van der Waals surface area (Å²) in [7, 11) is 1.64. The molecular weight excluding hydrogens is 751 g/mol. The van der Waals surface area contributed by atoms with E-state index in [1.807, 2.05) is 133 Å². The van der Waals surface area contributed by atoms with Crippen LogP contribution in [-0.4, -0.2) is 75.3 Å². The van der Waals surface area contributed by atoms with E-state index in [4.69, 9.17) is 9.47 Å². The molecule has 306 valence electrons. The van der Waals surface area contributed by atoms with Crippen LogP contribution in [0.4, 0.5) is 16.2 Å². The van der Waals surface area contributed by atoms with Crippen molar-refractivity contribution < 1.29 is 23.9 Å². The fourth-order valence-electron chi connectivity index (χ4n) is 7.41. The fourth-order valence-corrected chi connectivity index (χ4v) is 7.41. The zero-order valence-electron chi connectivity index (χ0n) is 33.9. The van der Waals surface area contributed by atoms with Gasteiger partial charge in [-0.25, -0.2) is 9.69 Å². The van der Waals surface area contributed by atoms with E-state index in [1.165, 1.54) is 0 Å². The lowest BCUT2D eigenvalue weighted by molar-refractivity contribution is 0.0561. The Kier molecular flexibility index (Phi) is 14.3.